The smallest absolute Gasteiger partial charge is 0.256 e. The van der Waals surface area contributed by atoms with E-state index < -0.39 is 0 Å². The van der Waals surface area contributed by atoms with Gasteiger partial charge in [-0.15, -0.1) is 0 Å². The lowest BCUT2D eigenvalue weighted by Gasteiger charge is -2.05. The highest BCUT2D eigenvalue weighted by Gasteiger charge is 2.13. The summed E-state index contributed by atoms with van der Waals surface area (Å²) in [6.45, 7) is 0. The molecule has 2 heterocycles. The molecule has 0 atom stereocenters. The van der Waals surface area contributed by atoms with Gasteiger partial charge in [0.2, 0.25) is 0 Å². The van der Waals surface area contributed by atoms with Crippen molar-refractivity contribution in [3.63, 3.8) is 0 Å². The summed E-state index contributed by atoms with van der Waals surface area (Å²) in [7, 11) is 0. The molecule has 0 radical (unpaired) electrons. The molecule has 0 unspecified atom stereocenters. The lowest BCUT2D eigenvalue weighted by atomic mass is 10.1. The molecule has 1 aromatic rings. The number of nitrogens with one attached hydrogen (secondary N) is 1. The molecular formula is C11H8N2O2. The van der Waals surface area contributed by atoms with E-state index >= 15 is 0 Å². The Bertz CT molecular complexity index is 587. The first-order valence-corrected chi connectivity index (χ1v) is 4.68. The fourth-order valence-corrected chi connectivity index (χ4v) is 1.70. The second-order valence-electron chi connectivity index (χ2n) is 3.40. The van der Waals surface area contributed by atoms with Crippen LogP contribution in [0.4, 0.5) is 0 Å². The first kappa shape index (κ1) is 8.23. The molecule has 4 heteroatoms. The summed E-state index contributed by atoms with van der Waals surface area (Å²) in [5, 5.41) is 1.80. The van der Waals surface area contributed by atoms with Crippen molar-refractivity contribution in [2.24, 2.45) is 4.99 Å². The molecule has 2 aliphatic rings. The van der Waals surface area contributed by atoms with Crippen molar-refractivity contribution in [3.05, 3.63) is 34.5 Å². The van der Waals surface area contributed by atoms with E-state index in [-0.39, 0.29) is 5.91 Å². The maximum Gasteiger partial charge on any atom is 0.256 e. The Morgan fingerprint density at radius 2 is 2.33 bits per heavy atom. The Hall–Kier alpha value is -2.10. The van der Waals surface area contributed by atoms with Crippen LogP contribution < -0.4 is 20.9 Å². The van der Waals surface area contributed by atoms with E-state index in [1.165, 1.54) is 0 Å². The Morgan fingerprint density at radius 1 is 1.40 bits per heavy atom. The van der Waals surface area contributed by atoms with E-state index in [2.05, 4.69) is 10.5 Å². The predicted octanol–water partition coefficient (Wildman–Crippen LogP) is -0.115. The minimum Gasteiger partial charge on any atom is -0.378 e. The molecule has 3 rings (SSSR count). The molecule has 0 aliphatic carbocycles. The van der Waals surface area contributed by atoms with Gasteiger partial charge < -0.3 is 4.84 Å². The SMILES string of the molecule is O=C1CC=c2ccc3c(c2ON1)C=CN=3. The number of nitrogens with zero attached hydrogens (tertiary/aromatic N) is 1. The maximum absolute atomic E-state index is 11.1. The van der Waals surface area contributed by atoms with Crippen LogP contribution in [0.5, 0.6) is 5.75 Å². The molecule has 0 spiro atoms. The minimum atomic E-state index is -0.140. The normalized spacial score (nSPS) is 16.4. The zero-order valence-electron chi connectivity index (χ0n) is 7.86. The molecule has 0 saturated heterocycles. The van der Waals surface area contributed by atoms with Crippen molar-refractivity contribution in [1.29, 1.82) is 0 Å². The van der Waals surface area contributed by atoms with E-state index in [0.29, 0.717) is 12.2 Å². The fourth-order valence-electron chi connectivity index (χ4n) is 1.70. The lowest BCUT2D eigenvalue weighted by Crippen LogP contribution is -2.27. The van der Waals surface area contributed by atoms with Gasteiger partial charge in [0.15, 0.2) is 5.75 Å². The Kier molecular flexibility index (Phi) is 1.62. The number of carbonyl (C=O) groups is 1. The summed E-state index contributed by atoms with van der Waals surface area (Å²) in [5.74, 6) is 0.537. The molecule has 74 valence electrons. The van der Waals surface area contributed by atoms with Gasteiger partial charge in [-0.2, -0.15) is 5.48 Å². The number of hydrogen-bond donors (Lipinski definition) is 1. The number of rotatable bonds is 0. The third-order valence-electron chi connectivity index (χ3n) is 2.43. The average molecular weight is 200 g/mol. The first-order chi connectivity index (χ1) is 7.34. The predicted molar refractivity (Wildman–Crippen MR) is 54.1 cm³/mol. The zero-order valence-corrected chi connectivity index (χ0v) is 7.86. The lowest BCUT2D eigenvalue weighted by molar-refractivity contribution is -0.126. The van der Waals surface area contributed by atoms with Gasteiger partial charge in [0.05, 0.1) is 5.36 Å². The van der Waals surface area contributed by atoms with Gasteiger partial charge in [0, 0.05) is 23.4 Å². The highest BCUT2D eigenvalue weighted by Crippen LogP contribution is 2.14. The van der Waals surface area contributed by atoms with Crippen LogP contribution in [0.15, 0.2) is 23.3 Å². The van der Waals surface area contributed by atoms with E-state index in [0.717, 1.165) is 16.1 Å². The molecule has 0 saturated carbocycles. The largest absolute Gasteiger partial charge is 0.378 e. The van der Waals surface area contributed by atoms with Crippen LogP contribution in [0.2, 0.25) is 0 Å². The fraction of sp³-hybridized carbons (Fsp3) is 0.0909. The molecular weight excluding hydrogens is 192 g/mol. The highest BCUT2D eigenvalue weighted by molar-refractivity contribution is 5.81. The van der Waals surface area contributed by atoms with Gasteiger partial charge in [-0.3, -0.25) is 9.79 Å². The molecule has 0 fully saturated rings. The molecule has 15 heavy (non-hydrogen) atoms. The number of carbonyl (C=O) groups excluding carboxylic acids is 1. The van der Waals surface area contributed by atoms with Crippen LogP contribution in [0.25, 0.3) is 12.2 Å². The van der Waals surface area contributed by atoms with Gasteiger partial charge in [-0.05, 0) is 18.2 Å². The van der Waals surface area contributed by atoms with E-state index in [4.69, 9.17) is 4.84 Å². The van der Waals surface area contributed by atoms with Gasteiger partial charge in [-0.1, -0.05) is 6.08 Å². The van der Waals surface area contributed by atoms with Crippen molar-refractivity contribution in [1.82, 2.24) is 5.48 Å². The number of hydroxylamine groups is 1. The van der Waals surface area contributed by atoms with Crippen LogP contribution in [0.3, 0.4) is 0 Å². The van der Waals surface area contributed by atoms with Crippen molar-refractivity contribution >= 4 is 18.1 Å². The standard InChI is InChI=1S/C11H8N2O2/c14-10-4-2-7-1-3-9-8(5-6-12-9)11(7)15-13-10/h1-3,5-6H,4H2,(H,13,14). The summed E-state index contributed by atoms with van der Waals surface area (Å²) < 4.78 is 0. The van der Waals surface area contributed by atoms with Crippen molar-refractivity contribution < 1.29 is 9.63 Å². The van der Waals surface area contributed by atoms with Crippen LogP contribution in [-0.2, 0) is 4.79 Å². The third-order valence-corrected chi connectivity index (χ3v) is 2.43. The van der Waals surface area contributed by atoms with Gasteiger partial charge in [0.1, 0.15) is 0 Å². The second-order valence-corrected chi connectivity index (χ2v) is 3.40. The van der Waals surface area contributed by atoms with E-state index in [1.807, 2.05) is 24.3 Å². The molecule has 1 amide bonds. The maximum atomic E-state index is 11.1. The van der Waals surface area contributed by atoms with Crippen LogP contribution in [0.1, 0.15) is 12.0 Å². The zero-order chi connectivity index (χ0) is 10.3. The molecule has 1 aromatic carbocycles. The van der Waals surface area contributed by atoms with E-state index in [1.54, 1.807) is 6.20 Å². The van der Waals surface area contributed by atoms with E-state index in [9.17, 15) is 4.79 Å². The molecule has 2 aliphatic heterocycles. The van der Waals surface area contributed by atoms with Gasteiger partial charge in [-0.25, -0.2) is 0 Å². The summed E-state index contributed by atoms with van der Waals surface area (Å²) in [4.78, 5) is 20.6. The monoisotopic (exact) mass is 200 g/mol. The summed E-state index contributed by atoms with van der Waals surface area (Å²) >= 11 is 0. The van der Waals surface area contributed by atoms with Crippen LogP contribution in [-0.4, -0.2) is 5.91 Å². The topological polar surface area (TPSA) is 50.7 Å². The second kappa shape index (κ2) is 2.95. The summed E-state index contributed by atoms with van der Waals surface area (Å²) in [6, 6.07) is 3.83. The molecule has 4 nitrogen and oxygen atoms in total. The summed E-state index contributed by atoms with van der Waals surface area (Å²) in [6.07, 6.45) is 5.79. The number of amides is 1. The highest BCUT2D eigenvalue weighted by atomic mass is 16.7. The Morgan fingerprint density at radius 3 is 3.27 bits per heavy atom. The summed E-state index contributed by atoms with van der Waals surface area (Å²) in [5.41, 5.74) is 3.31. The van der Waals surface area contributed by atoms with Crippen LogP contribution in [0, 0.1) is 0 Å². The number of hydrogen-bond acceptors (Lipinski definition) is 3. The number of benzene rings is 1. The average Bonchev–Trinajstić information content (AvgIpc) is 2.64. The van der Waals surface area contributed by atoms with Crippen molar-refractivity contribution in [2.75, 3.05) is 0 Å². The number of fused-ring (bicyclic) bond motifs is 3. The van der Waals surface area contributed by atoms with Gasteiger partial charge in [0.25, 0.3) is 5.91 Å². The van der Waals surface area contributed by atoms with Crippen LogP contribution >= 0.6 is 0 Å². The first-order valence-electron chi connectivity index (χ1n) is 4.68. The molecule has 1 N–H and O–H groups in total. The van der Waals surface area contributed by atoms with Gasteiger partial charge >= 0.3 is 0 Å². The Balaban J connectivity index is 2.28. The molecule has 0 aromatic heterocycles. The molecule has 0 bridgehead atoms. The van der Waals surface area contributed by atoms with Crippen molar-refractivity contribution in [2.45, 2.75) is 6.42 Å². The Labute approximate surface area is 85.5 Å². The third kappa shape index (κ3) is 1.22. The quantitative estimate of drug-likeness (QED) is 0.635. The van der Waals surface area contributed by atoms with Crippen molar-refractivity contribution in [3.8, 4) is 5.75 Å². The minimum absolute atomic E-state index is 0.140.